The Labute approximate surface area is 108 Å². The van der Waals surface area contributed by atoms with E-state index < -0.39 is 0 Å². The lowest BCUT2D eigenvalue weighted by Crippen LogP contribution is -2.14. The minimum absolute atomic E-state index is 0.736. The van der Waals surface area contributed by atoms with Gasteiger partial charge in [-0.15, -0.1) is 0 Å². The van der Waals surface area contributed by atoms with Gasteiger partial charge in [0.25, 0.3) is 0 Å². The molecule has 3 heteroatoms. The fourth-order valence-corrected chi connectivity index (χ4v) is 2.47. The van der Waals surface area contributed by atoms with E-state index in [4.69, 9.17) is 4.99 Å². The maximum Gasteiger partial charge on any atom is 0.0923 e. The zero-order valence-electron chi connectivity index (χ0n) is 11.1. The van der Waals surface area contributed by atoms with Gasteiger partial charge in [-0.2, -0.15) is 5.10 Å². The lowest BCUT2D eigenvalue weighted by molar-refractivity contribution is 0.538. The van der Waals surface area contributed by atoms with Crippen LogP contribution in [0.1, 0.15) is 32.3 Å². The molecule has 3 rings (SSSR count). The molecule has 1 atom stereocenters. The quantitative estimate of drug-likeness (QED) is 0.793. The summed E-state index contributed by atoms with van der Waals surface area (Å²) in [5.41, 5.74) is 3.61. The van der Waals surface area contributed by atoms with Crippen LogP contribution < -0.4 is 0 Å². The fourth-order valence-electron chi connectivity index (χ4n) is 2.47. The van der Waals surface area contributed by atoms with Gasteiger partial charge >= 0.3 is 0 Å². The van der Waals surface area contributed by atoms with E-state index in [1.165, 1.54) is 23.1 Å². The largest absolute Gasteiger partial charge is 0.289 e. The third-order valence-electron chi connectivity index (χ3n) is 3.68. The molecule has 94 valence electrons. The van der Waals surface area contributed by atoms with Crippen LogP contribution in [0, 0.1) is 5.92 Å². The van der Waals surface area contributed by atoms with Crippen molar-refractivity contribution in [2.45, 2.75) is 33.2 Å². The zero-order valence-corrected chi connectivity index (χ0v) is 11.1. The van der Waals surface area contributed by atoms with Gasteiger partial charge < -0.3 is 0 Å². The number of nitrogens with zero attached hydrogens (tertiary/aromatic N) is 3. The smallest absolute Gasteiger partial charge is 0.0923 e. The van der Waals surface area contributed by atoms with Gasteiger partial charge in [-0.1, -0.05) is 13.0 Å². The van der Waals surface area contributed by atoms with Crippen molar-refractivity contribution in [1.29, 1.82) is 0 Å². The number of hydrogen-bond donors (Lipinski definition) is 0. The average Bonchev–Trinajstić information content (AvgIpc) is 2.81. The number of aryl methyl sites for hydroxylation is 1. The molecule has 0 fully saturated rings. The summed E-state index contributed by atoms with van der Waals surface area (Å²) in [5, 5.41) is 5.72. The van der Waals surface area contributed by atoms with Gasteiger partial charge in [-0.25, -0.2) is 0 Å². The number of benzene rings is 1. The number of hydrogen-bond acceptors (Lipinski definition) is 2. The first-order chi connectivity index (χ1) is 8.76. The van der Waals surface area contributed by atoms with Gasteiger partial charge in [0, 0.05) is 30.4 Å². The Morgan fingerprint density at radius 3 is 3.00 bits per heavy atom. The molecular formula is C15H19N3. The van der Waals surface area contributed by atoms with Crippen LogP contribution in [0.2, 0.25) is 0 Å². The summed E-state index contributed by atoms with van der Waals surface area (Å²) in [7, 11) is 0. The van der Waals surface area contributed by atoms with Crippen LogP contribution in [0.15, 0.2) is 29.4 Å². The molecule has 18 heavy (non-hydrogen) atoms. The Kier molecular flexibility index (Phi) is 2.90. The molecule has 1 aromatic carbocycles. The van der Waals surface area contributed by atoms with Crippen LogP contribution in [0.4, 0.5) is 0 Å². The van der Waals surface area contributed by atoms with Crippen molar-refractivity contribution < 1.29 is 0 Å². The van der Waals surface area contributed by atoms with Crippen LogP contribution in [0.3, 0.4) is 0 Å². The predicted octanol–water partition coefficient (Wildman–Crippen LogP) is 3.28. The van der Waals surface area contributed by atoms with Crippen molar-refractivity contribution in [3.8, 4) is 0 Å². The maximum atomic E-state index is 4.70. The molecule has 0 aliphatic carbocycles. The zero-order chi connectivity index (χ0) is 12.5. The van der Waals surface area contributed by atoms with Crippen molar-refractivity contribution in [1.82, 2.24) is 9.78 Å². The normalized spacial score (nSPS) is 20.1. The third kappa shape index (κ3) is 2.05. The first-order valence-corrected chi connectivity index (χ1v) is 6.77. The van der Waals surface area contributed by atoms with Crippen molar-refractivity contribution in [3.05, 3.63) is 30.0 Å². The van der Waals surface area contributed by atoms with E-state index in [2.05, 4.69) is 43.3 Å². The van der Waals surface area contributed by atoms with Crippen molar-refractivity contribution >= 4 is 16.6 Å². The van der Waals surface area contributed by atoms with Crippen molar-refractivity contribution in [2.24, 2.45) is 10.9 Å². The summed E-state index contributed by atoms with van der Waals surface area (Å²) in [6.07, 6.45) is 4.48. The van der Waals surface area contributed by atoms with E-state index in [1.54, 1.807) is 0 Å². The molecule has 2 heterocycles. The second-order valence-electron chi connectivity index (χ2n) is 5.19. The Bertz CT molecular complexity index is 595. The summed E-state index contributed by atoms with van der Waals surface area (Å²) >= 11 is 0. The molecule has 3 nitrogen and oxygen atoms in total. The number of aromatic nitrogens is 2. The van der Waals surface area contributed by atoms with Crippen LogP contribution in [0.25, 0.3) is 10.9 Å². The molecule has 1 aliphatic rings. The lowest BCUT2D eigenvalue weighted by atomic mass is 9.95. The number of rotatable bonds is 2. The monoisotopic (exact) mass is 241 g/mol. The van der Waals surface area contributed by atoms with E-state index in [0.29, 0.717) is 0 Å². The summed E-state index contributed by atoms with van der Waals surface area (Å²) < 4.78 is 1.99. The minimum Gasteiger partial charge on any atom is -0.289 e. The highest BCUT2D eigenvalue weighted by atomic mass is 15.3. The second-order valence-corrected chi connectivity index (χ2v) is 5.19. The lowest BCUT2D eigenvalue weighted by Gasteiger charge is -2.17. The molecule has 1 aromatic heterocycles. The molecule has 0 spiro atoms. The molecule has 0 saturated heterocycles. The van der Waals surface area contributed by atoms with E-state index in [0.717, 1.165) is 30.9 Å². The topological polar surface area (TPSA) is 30.2 Å². The summed E-state index contributed by atoms with van der Waals surface area (Å²) in [6, 6.07) is 6.49. The molecule has 1 aliphatic heterocycles. The first-order valence-electron chi connectivity index (χ1n) is 6.77. The van der Waals surface area contributed by atoms with E-state index in [9.17, 15) is 0 Å². The van der Waals surface area contributed by atoms with Crippen LogP contribution in [-0.2, 0) is 6.54 Å². The molecule has 0 N–H and O–H groups in total. The molecule has 0 bridgehead atoms. The van der Waals surface area contributed by atoms with Gasteiger partial charge in [0.05, 0.1) is 5.52 Å². The highest BCUT2D eigenvalue weighted by molar-refractivity contribution is 6.03. The molecule has 0 amide bonds. The van der Waals surface area contributed by atoms with E-state index in [1.807, 2.05) is 4.68 Å². The van der Waals surface area contributed by atoms with E-state index >= 15 is 0 Å². The highest BCUT2D eigenvalue weighted by Crippen LogP contribution is 2.21. The maximum absolute atomic E-state index is 4.70. The molecule has 0 unspecified atom stereocenters. The SMILES string of the molecule is CCn1cc2cc(C3=NC[C@@H](C)CC3)ccc2n1. The van der Waals surface area contributed by atoms with Crippen molar-refractivity contribution in [3.63, 3.8) is 0 Å². The van der Waals surface area contributed by atoms with Crippen LogP contribution in [0.5, 0.6) is 0 Å². The third-order valence-corrected chi connectivity index (χ3v) is 3.68. The molecular weight excluding hydrogens is 222 g/mol. The standard InChI is InChI=1S/C15H19N3/c1-3-18-10-13-8-12(5-7-15(13)17-18)14-6-4-11(2)9-16-14/h5,7-8,10-11H,3-4,6,9H2,1-2H3/t11-/m0/s1. The second kappa shape index (κ2) is 4.56. The number of fused-ring (bicyclic) bond motifs is 1. The summed E-state index contributed by atoms with van der Waals surface area (Å²) in [5.74, 6) is 0.736. The van der Waals surface area contributed by atoms with Crippen molar-refractivity contribution in [2.75, 3.05) is 6.54 Å². The van der Waals surface area contributed by atoms with Gasteiger partial charge in [0.1, 0.15) is 0 Å². The Morgan fingerprint density at radius 1 is 1.39 bits per heavy atom. The highest BCUT2D eigenvalue weighted by Gasteiger charge is 2.13. The first kappa shape index (κ1) is 11.5. The van der Waals surface area contributed by atoms with Gasteiger partial charge in [0.15, 0.2) is 0 Å². The van der Waals surface area contributed by atoms with Gasteiger partial charge in [0.2, 0.25) is 0 Å². The molecule has 2 aromatic rings. The van der Waals surface area contributed by atoms with Crippen LogP contribution >= 0.6 is 0 Å². The van der Waals surface area contributed by atoms with Gasteiger partial charge in [-0.3, -0.25) is 9.67 Å². The molecule has 0 saturated carbocycles. The summed E-state index contributed by atoms with van der Waals surface area (Å²) in [4.78, 5) is 4.70. The predicted molar refractivity (Wildman–Crippen MR) is 75.2 cm³/mol. The van der Waals surface area contributed by atoms with Gasteiger partial charge in [-0.05, 0) is 43.4 Å². The number of aliphatic imine (C=N–C) groups is 1. The Hall–Kier alpha value is -1.64. The fraction of sp³-hybridized carbons (Fsp3) is 0.467. The minimum atomic E-state index is 0.736. The Balaban J connectivity index is 1.97. The van der Waals surface area contributed by atoms with E-state index in [-0.39, 0.29) is 0 Å². The average molecular weight is 241 g/mol. The summed E-state index contributed by atoms with van der Waals surface area (Å²) in [6.45, 7) is 6.28. The molecule has 0 radical (unpaired) electrons. The van der Waals surface area contributed by atoms with Crippen LogP contribution in [-0.4, -0.2) is 22.0 Å². The Morgan fingerprint density at radius 2 is 2.28 bits per heavy atom.